The monoisotopic (exact) mass is 218 g/mol. The Morgan fingerprint density at radius 1 is 1.38 bits per heavy atom. The molecule has 6 nitrogen and oxygen atoms in total. The van der Waals surface area contributed by atoms with E-state index in [0.717, 1.165) is 0 Å². The van der Waals surface area contributed by atoms with Gasteiger partial charge in [0.2, 0.25) is 11.7 Å². The molecule has 2 heterocycles. The molecular formula is C10H10N4O2. The summed E-state index contributed by atoms with van der Waals surface area (Å²) in [5.74, 6) is -0.0938. The maximum atomic E-state index is 12.0. The molecular weight excluding hydrogens is 208 g/mol. The van der Waals surface area contributed by atoms with Gasteiger partial charge in [-0.2, -0.15) is 5.10 Å². The highest BCUT2D eigenvalue weighted by Gasteiger charge is 2.18. The van der Waals surface area contributed by atoms with Crippen molar-refractivity contribution in [2.45, 2.75) is 0 Å². The van der Waals surface area contributed by atoms with Gasteiger partial charge < -0.3 is 4.74 Å². The fourth-order valence-corrected chi connectivity index (χ4v) is 1.29. The highest BCUT2D eigenvalue weighted by Crippen LogP contribution is 2.14. The molecule has 82 valence electrons. The molecule has 0 aliphatic heterocycles. The smallest absolute Gasteiger partial charge is 0.243 e. The molecule has 6 heteroatoms. The van der Waals surface area contributed by atoms with Crippen LogP contribution in [0.25, 0.3) is 0 Å². The lowest BCUT2D eigenvalue weighted by molar-refractivity contribution is 0.102. The average molecular weight is 218 g/mol. The van der Waals surface area contributed by atoms with E-state index in [1.807, 2.05) is 0 Å². The minimum Gasteiger partial charge on any atom is -0.479 e. The molecule has 2 aromatic rings. The summed E-state index contributed by atoms with van der Waals surface area (Å²) in [5, 5.41) is 4.01. The van der Waals surface area contributed by atoms with Crippen LogP contribution < -0.4 is 4.74 Å². The van der Waals surface area contributed by atoms with Gasteiger partial charge in [-0.3, -0.25) is 9.48 Å². The number of hydrogen-bond acceptors (Lipinski definition) is 5. The molecule has 0 radical (unpaired) electrons. The van der Waals surface area contributed by atoms with Gasteiger partial charge in [-0.1, -0.05) is 0 Å². The van der Waals surface area contributed by atoms with Crippen molar-refractivity contribution in [1.82, 2.24) is 19.7 Å². The first-order valence-electron chi connectivity index (χ1n) is 4.61. The van der Waals surface area contributed by atoms with Crippen LogP contribution in [0.4, 0.5) is 0 Å². The summed E-state index contributed by atoms with van der Waals surface area (Å²) in [6.07, 6.45) is 4.60. The van der Waals surface area contributed by atoms with Crippen LogP contribution in [-0.2, 0) is 7.05 Å². The number of ether oxygens (including phenoxy) is 1. The van der Waals surface area contributed by atoms with Crippen LogP contribution in [0.3, 0.4) is 0 Å². The molecule has 0 fully saturated rings. The summed E-state index contributed by atoms with van der Waals surface area (Å²) >= 11 is 0. The second-order valence-corrected chi connectivity index (χ2v) is 3.12. The van der Waals surface area contributed by atoms with E-state index in [-0.39, 0.29) is 17.4 Å². The number of hydrogen-bond donors (Lipinski definition) is 0. The van der Waals surface area contributed by atoms with Crippen LogP contribution in [-0.4, -0.2) is 32.6 Å². The van der Waals surface area contributed by atoms with Crippen LogP contribution in [0.2, 0.25) is 0 Å². The van der Waals surface area contributed by atoms with Crippen LogP contribution >= 0.6 is 0 Å². The summed E-state index contributed by atoms with van der Waals surface area (Å²) in [5.41, 5.74) is 0.491. The van der Waals surface area contributed by atoms with E-state index in [2.05, 4.69) is 15.1 Å². The van der Waals surface area contributed by atoms with Crippen molar-refractivity contribution in [2.24, 2.45) is 7.05 Å². The van der Waals surface area contributed by atoms with Gasteiger partial charge in [-0.05, 0) is 6.07 Å². The number of ketones is 1. The summed E-state index contributed by atoms with van der Waals surface area (Å²) in [6.45, 7) is 0. The summed E-state index contributed by atoms with van der Waals surface area (Å²) in [6, 6.07) is 1.62. The molecule has 2 aromatic heterocycles. The molecule has 0 bridgehead atoms. The molecule has 0 aromatic carbocycles. The highest BCUT2D eigenvalue weighted by atomic mass is 16.5. The fraction of sp³-hybridized carbons (Fsp3) is 0.200. The molecule has 0 saturated heterocycles. The molecule has 0 N–H and O–H groups in total. The Morgan fingerprint density at radius 3 is 2.75 bits per heavy atom. The van der Waals surface area contributed by atoms with Gasteiger partial charge in [-0.15, -0.1) is 0 Å². The third-order valence-corrected chi connectivity index (χ3v) is 2.02. The lowest BCUT2D eigenvalue weighted by Crippen LogP contribution is -2.08. The first-order valence-corrected chi connectivity index (χ1v) is 4.61. The predicted octanol–water partition coefficient (Wildman–Crippen LogP) is 0.450. The normalized spacial score (nSPS) is 10.1. The number of aromatic nitrogens is 4. The Balaban J connectivity index is 2.41. The largest absolute Gasteiger partial charge is 0.479 e. The van der Waals surface area contributed by atoms with Crippen molar-refractivity contribution in [2.75, 3.05) is 7.11 Å². The van der Waals surface area contributed by atoms with Gasteiger partial charge in [0.15, 0.2) is 5.69 Å². The number of aryl methyl sites for hydroxylation is 1. The van der Waals surface area contributed by atoms with E-state index in [1.54, 1.807) is 24.0 Å². The second-order valence-electron chi connectivity index (χ2n) is 3.12. The summed E-state index contributed by atoms with van der Waals surface area (Å²) in [4.78, 5) is 19.8. The third-order valence-electron chi connectivity index (χ3n) is 2.02. The molecule has 0 saturated carbocycles. The first kappa shape index (κ1) is 10.3. The van der Waals surface area contributed by atoms with Crippen LogP contribution in [0.5, 0.6) is 5.88 Å². The van der Waals surface area contributed by atoms with Crippen molar-refractivity contribution < 1.29 is 9.53 Å². The Labute approximate surface area is 91.9 Å². The van der Waals surface area contributed by atoms with Crippen LogP contribution in [0.15, 0.2) is 24.7 Å². The van der Waals surface area contributed by atoms with Gasteiger partial charge in [0.25, 0.3) is 0 Å². The fourth-order valence-electron chi connectivity index (χ4n) is 1.29. The van der Waals surface area contributed by atoms with E-state index in [0.29, 0.717) is 5.69 Å². The van der Waals surface area contributed by atoms with E-state index in [9.17, 15) is 4.79 Å². The number of methoxy groups -OCH3 is 1. The van der Waals surface area contributed by atoms with Crippen molar-refractivity contribution >= 4 is 5.78 Å². The molecule has 0 aliphatic rings. The topological polar surface area (TPSA) is 69.9 Å². The molecule has 0 atom stereocenters. The molecule has 2 rings (SSSR count). The second kappa shape index (κ2) is 4.09. The number of carbonyl (C=O) groups is 1. The van der Waals surface area contributed by atoms with Crippen molar-refractivity contribution in [3.63, 3.8) is 0 Å². The van der Waals surface area contributed by atoms with Gasteiger partial charge in [0, 0.05) is 25.6 Å². The minimum absolute atomic E-state index is 0.170. The molecule has 0 spiro atoms. The Hall–Kier alpha value is -2.24. The minimum atomic E-state index is -0.300. The number of carbonyl (C=O) groups excluding carboxylic acids is 1. The standard InChI is InChI=1S/C10H10N4O2/c1-14-6-3-7(13-14)9(15)8-10(16-2)12-5-4-11-8/h3-6H,1-2H3. The number of nitrogens with zero attached hydrogens (tertiary/aromatic N) is 4. The van der Waals surface area contributed by atoms with Gasteiger partial charge in [0.05, 0.1) is 7.11 Å². The van der Waals surface area contributed by atoms with Crippen LogP contribution in [0, 0.1) is 0 Å². The van der Waals surface area contributed by atoms with Crippen molar-refractivity contribution in [3.8, 4) is 5.88 Å². The average Bonchev–Trinajstić information content (AvgIpc) is 2.75. The Bertz CT molecular complexity index is 521. The molecule has 0 aliphatic carbocycles. The summed E-state index contributed by atoms with van der Waals surface area (Å²) in [7, 11) is 3.18. The van der Waals surface area contributed by atoms with Crippen molar-refractivity contribution in [1.29, 1.82) is 0 Å². The number of rotatable bonds is 3. The quantitative estimate of drug-likeness (QED) is 0.699. The zero-order valence-corrected chi connectivity index (χ0v) is 8.91. The SMILES string of the molecule is COc1nccnc1C(=O)c1ccn(C)n1. The Morgan fingerprint density at radius 2 is 2.12 bits per heavy atom. The Kier molecular flexibility index (Phi) is 2.63. The van der Waals surface area contributed by atoms with E-state index in [1.165, 1.54) is 19.5 Å². The zero-order chi connectivity index (χ0) is 11.5. The predicted molar refractivity (Wildman–Crippen MR) is 55.2 cm³/mol. The van der Waals surface area contributed by atoms with E-state index >= 15 is 0 Å². The van der Waals surface area contributed by atoms with Gasteiger partial charge >= 0.3 is 0 Å². The van der Waals surface area contributed by atoms with Gasteiger partial charge in [-0.25, -0.2) is 9.97 Å². The molecule has 0 amide bonds. The molecule has 16 heavy (non-hydrogen) atoms. The van der Waals surface area contributed by atoms with Gasteiger partial charge in [0.1, 0.15) is 5.69 Å². The highest BCUT2D eigenvalue weighted by molar-refractivity contribution is 6.07. The lowest BCUT2D eigenvalue weighted by atomic mass is 10.2. The maximum absolute atomic E-state index is 12.0. The third kappa shape index (κ3) is 1.77. The lowest BCUT2D eigenvalue weighted by Gasteiger charge is -2.02. The van der Waals surface area contributed by atoms with Crippen LogP contribution in [0.1, 0.15) is 16.2 Å². The van der Waals surface area contributed by atoms with E-state index < -0.39 is 0 Å². The molecule has 0 unspecified atom stereocenters. The van der Waals surface area contributed by atoms with E-state index in [4.69, 9.17) is 4.74 Å². The zero-order valence-electron chi connectivity index (χ0n) is 8.91. The van der Waals surface area contributed by atoms with Crippen molar-refractivity contribution in [3.05, 3.63) is 36.0 Å². The summed E-state index contributed by atoms with van der Waals surface area (Å²) < 4.78 is 6.52. The first-order chi connectivity index (χ1) is 7.72. The maximum Gasteiger partial charge on any atom is 0.243 e.